The van der Waals surface area contributed by atoms with Gasteiger partial charge >= 0.3 is 6.03 Å². The second-order valence-corrected chi connectivity index (χ2v) is 3.83. The maximum atomic E-state index is 10.7. The molecule has 0 bridgehead atoms. The minimum Gasteiger partial charge on any atom is -0.351 e. The molecular formula is C12H16N4O. The number of nitrogens with one attached hydrogen (secondary N) is 2. The average molecular weight is 232 g/mol. The van der Waals surface area contributed by atoms with Crippen molar-refractivity contribution in [3.8, 4) is 6.07 Å². The van der Waals surface area contributed by atoms with Crippen LogP contribution in [0.4, 0.5) is 10.5 Å². The molecular weight excluding hydrogens is 216 g/mol. The lowest BCUT2D eigenvalue weighted by Gasteiger charge is -2.12. The van der Waals surface area contributed by atoms with Crippen molar-refractivity contribution in [1.82, 2.24) is 5.32 Å². The summed E-state index contributed by atoms with van der Waals surface area (Å²) in [5.74, 6) is 0. The molecule has 4 N–H and O–H groups in total. The number of urea groups is 1. The standard InChI is InChI=1S/C12H16N4O/c1-9(15-6-5-13)7-10-3-2-4-11(8-10)16-12(14)17/h2-4,8-9,15H,6-7H2,1H3,(H3,14,16,17). The van der Waals surface area contributed by atoms with E-state index in [1.807, 2.05) is 31.2 Å². The number of carbonyl (C=O) groups excluding carboxylic acids is 1. The van der Waals surface area contributed by atoms with Gasteiger partial charge in [0.25, 0.3) is 0 Å². The van der Waals surface area contributed by atoms with Gasteiger partial charge in [0.2, 0.25) is 0 Å². The van der Waals surface area contributed by atoms with Crippen LogP contribution in [-0.2, 0) is 6.42 Å². The Bertz CT molecular complexity index is 425. The van der Waals surface area contributed by atoms with Crippen LogP contribution in [0.2, 0.25) is 0 Å². The van der Waals surface area contributed by atoms with E-state index >= 15 is 0 Å². The third-order valence-electron chi connectivity index (χ3n) is 2.27. The van der Waals surface area contributed by atoms with Crippen molar-refractivity contribution in [3.63, 3.8) is 0 Å². The molecule has 0 aliphatic rings. The van der Waals surface area contributed by atoms with Crippen LogP contribution < -0.4 is 16.4 Å². The molecule has 0 radical (unpaired) electrons. The number of rotatable bonds is 5. The molecule has 1 unspecified atom stereocenters. The maximum absolute atomic E-state index is 10.7. The van der Waals surface area contributed by atoms with E-state index in [9.17, 15) is 4.79 Å². The third-order valence-corrected chi connectivity index (χ3v) is 2.27. The van der Waals surface area contributed by atoms with E-state index in [4.69, 9.17) is 11.0 Å². The Hall–Kier alpha value is -2.06. The van der Waals surface area contributed by atoms with Crippen LogP contribution in [-0.4, -0.2) is 18.6 Å². The molecule has 1 aromatic rings. The Morgan fingerprint density at radius 3 is 3.00 bits per heavy atom. The van der Waals surface area contributed by atoms with Gasteiger partial charge < -0.3 is 16.4 Å². The first-order chi connectivity index (χ1) is 8.11. The van der Waals surface area contributed by atoms with Crippen molar-refractivity contribution in [2.24, 2.45) is 5.73 Å². The Morgan fingerprint density at radius 2 is 2.35 bits per heavy atom. The van der Waals surface area contributed by atoms with Crippen molar-refractivity contribution in [1.29, 1.82) is 5.26 Å². The lowest BCUT2D eigenvalue weighted by atomic mass is 10.1. The third kappa shape index (κ3) is 5.00. The van der Waals surface area contributed by atoms with Crippen LogP contribution in [0.3, 0.4) is 0 Å². The molecule has 2 amide bonds. The summed E-state index contributed by atoms with van der Waals surface area (Å²) in [4.78, 5) is 10.7. The predicted octanol–water partition coefficient (Wildman–Crippen LogP) is 1.22. The first-order valence-corrected chi connectivity index (χ1v) is 5.37. The Kier molecular flexibility index (Phi) is 4.98. The zero-order chi connectivity index (χ0) is 12.7. The molecule has 1 aromatic carbocycles. The molecule has 1 atom stereocenters. The van der Waals surface area contributed by atoms with E-state index in [1.54, 1.807) is 6.07 Å². The largest absolute Gasteiger partial charge is 0.351 e. The summed E-state index contributed by atoms with van der Waals surface area (Å²) < 4.78 is 0. The molecule has 0 spiro atoms. The van der Waals surface area contributed by atoms with Crippen molar-refractivity contribution in [2.75, 3.05) is 11.9 Å². The van der Waals surface area contributed by atoms with Crippen LogP contribution in [0, 0.1) is 11.3 Å². The number of amides is 2. The van der Waals surface area contributed by atoms with Crippen LogP contribution >= 0.6 is 0 Å². The zero-order valence-corrected chi connectivity index (χ0v) is 9.73. The maximum Gasteiger partial charge on any atom is 0.316 e. The molecule has 5 heteroatoms. The van der Waals surface area contributed by atoms with Crippen molar-refractivity contribution < 1.29 is 4.79 Å². The summed E-state index contributed by atoms with van der Waals surface area (Å²) in [5, 5.41) is 14.0. The molecule has 0 aromatic heterocycles. The van der Waals surface area contributed by atoms with Crippen LogP contribution in [0.1, 0.15) is 12.5 Å². The number of hydrogen-bond donors (Lipinski definition) is 3. The lowest BCUT2D eigenvalue weighted by molar-refractivity contribution is 0.259. The van der Waals surface area contributed by atoms with Gasteiger partial charge in [-0.25, -0.2) is 4.79 Å². The molecule has 5 nitrogen and oxygen atoms in total. The number of anilines is 1. The van der Waals surface area contributed by atoms with E-state index in [1.165, 1.54) is 0 Å². The number of nitrogens with two attached hydrogens (primary N) is 1. The second kappa shape index (κ2) is 6.51. The van der Waals surface area contributed by atoms with Gasteiger partial charge in [0, 0.05) is 11.7 Å². The summed E-state index contributed by atoms with van der Waals surface area (Å²) in [6.07, 6.45) is 0.788. The SMILES string of the molecule is CC(Cc1cccc(NC(N)=O)c1)NCC#N. The fourth-order valence-electron chi connectivity index (χ4n) is 1.56. The highest BCUT2D eigenvalue weighted by Crippen LogP contribution is 2.12. The summed E-state index contributed by atoms with van der Waals surface area (Å²) in [5.41, 5.74) is 6.80. The molecule has 90 valence electrons. The number of carbonyl (C=O) groups is 1. The van der Waals surface area contributed by atoms with Gasteiger partial charge in [0.05, 0.1) is 12.6 Å². The molecule has 0 aliphatic heterocycles. The minimum absolute atomic E-state index is 0.207. The number of nitrogens with zero attached hydrogens (tertiary/aromatic N) is 1. The Balaban J connectivity index is 2.59. The van der Waals surface area contributed by atoms with Crippen LogP contribution in [0.25, 0.3) is 0 Å². The second-order valence-electron chi connectivity index (χ2n) is 3.83. The molecule has 0 aliphatic carbocycles. The monoisotopic (exact) mass is 232 g/mol. The quantitative estimate of drug-likeness (QED) is 0.666. The normalized spacial score (nSPS) is 11.5. The summed E-state index contributed by atoms with van der Waals surface area (Å²) >= 11 is 0. The number of nitriles is 1. The summed E-state index contributed by atoms with van der Waals surface area (Å²) in [6, 6.07) is 9.15. The van der Waals surface area contributed by atoms with Gasteiger partial charge in [0.1, 0.15) is 0 Å². The van der Waals surface area contributed by atoms with Gasteiger partial charge in [-0.3, -0.25) is 0 Å². The van der Waals surface area contributed by atoms with E-state index < -0.39 is 6.03 Å². The zero-order valence-electron chi connectivity index (χ0n) is 9.73. The fraction of sp³-hybridized carbons (Fsp3) is 0.333. The van der Waals surface area contributed by atoms with Crippen LogP contribution in [0.15, 0.2) is 24.3 Å². The number of benzene rings is 1. The highest BCUT2D eigenvalue weighted by Gasteiger charge is 2.03. The van der Waals surface area contributed by atoms with Gasteiger partial charge in [-0.2, -0.15) is 5.26 Å². The van der Waals surface area contributed by atoms with Gasteiger partial charge in [-0.05, 0) is 31.0 Å². The molecule has 17 heavy (non-hydrogen) atoms. The van der Waals surface area contributed by atoms with Crippen molar-refractivity contribution in [3.05, 3.63) is 29.8 Å². The lowest BCUT2D eigenvalue weighted by Crippen LogP contribution is -2.28. The van der Waals surface area contributed by atoms with E-state index in [0.717, 1.165) is 12.0 Å². The predicted molar refractivity (Wildman–Crippen MR) is 66.4 cm³/mol. The topological polar surface area (TPSA) is 90.9 Å². The van der Waals surface area contributed by atoms with E-state index in [2.05, 4.69) is 10.6 Å². The molecule has 0 fully saturated rings. The highest BCUT2D eigenvalue weighted by molar-refractivity contribution is 5.87. The van der Waals surface area contributed by atoms with E-state index in [0.29, 0.717) is 12.2 Å². The summed E-state index contributed by atoms with van der Waals surface area (Å²) in [6.45, 7) is 2.34. The summed E-state index contributed by atoms with van der Waals surface area (Å²) in [7, 11) is 0. The number of primary amides is 1. The number of hydrogen-bond acceptors (Lipinski definition) is 3. The molecule has 1 rings (SSSR count). The average Bonchev–Trinajstić information content (AvgIpc) is 2.26. The van der Waals surface area contributed by atoms with E-state index in [-0.39, 0.29) is 6.04 Å². The van der Waals surface area contributed by atoms with Crippen molar-refractivity contribution >= 4 is 11.7 Å². The molecule has 0 heterocycles. The molecule has 0 saturated heterocycles. The van der Waals surface area contributed by atoms with Crippen LogP contribution in [0.5, 0.6) is 0 Å². The first kappa shape index (κ1) is 13.0. The fourth-order valence-corrected chi connectivity index (χ4v) is 1.56. The first-order valence-electron chi connectivity index (χ1n) is 5.37. The Labute approximate surface area is 101 Å². The highest BCUT2D eigenvalue weighted by atomic mass is 16.2. The minimum atomic E-state index is -0.571. The van der Waals surface area contributed by atoms with Gasteiger partial charge in [-0.15, -0.1) is 0 Å². The molecule has 0 saturated carbocycles. The van der Waals surface area contributed by atoms with Gasteiger partial charge in [-0.1, -0.05) is 12.1 Å². The Morgan fingerprint density at radius 1 is 1.59 bits per heavy atom. The van der Waals surface area contributed by atoms with Gasteiger partial charge in [0.15, 0.2) is 0 Å². The smallest absolute Gasteiger partial charge is 0.316 e. The van der Waals surface area contributed by atoms with Crippen molar-refractivity contribution in [2.45, 2.75) is 19.4 Å².